The van der Waals surface area contributed by atoms with Gasteiger partial charge in [0.1, 0.15) is 12.6 Å². The number of aryl methyl sites for hydroxylation is 2. The zero-order valence-electron chi connectivity index (χ0n) is 21.4. The van der Waals surface area contributed by atoms with Gasteiger partial charge in [-0.05, 0) is 56.5 Å². The molecule has 200 valence electrons. The van der Waals surface area contributed by atoms with E-state index < -0.39 is 11.7 Å². The molecule has 0 unspecified atom stereocenters. The number of amides is 1. The van der Waals surface area contributed by atoms with E-state index in [1.165, 1.54) is 17.4 Å². The summed E-state index contributed by atoms with van der Waals surface area (Å²) < 4.78 is 43.4. The molecule has 12 heteroatoms. The SMILES string of the molecule is Cc1cc(C)n(CC(=O)N2CCN(c3ccc(C(F)(F)F)c4c3CN(c3nc(C#N)cs3)CC4)C[C@H]2C)n1. The Balaban J connectivity index is 1.39. The molecule has 0 spiro atoms. The first-order valence-electron chi connectivity index (χ1n) is 12.4. The minimum Gasteiger partial charge on any atom is -0.367 e. The molecule has 1 aromatic carbocycles. The number of anilines is 2. The maximum absolute atomic E-state index is 13.9. The van der Waals surface area contributed by atoms with Crippen molar-refractivity contribution < 1.29 is 18.0 Å². The molecule has 2 aromatic heterocycles. The van der Waals surface area contributed by atoms with Crippen LogP contribution < -0.4 is 9.80 Å². The lowest BCUT2D eigenvalue weighted by atomic mass is 9.91. The third-order valence-electron chi connectivity index (χ3n) is 7.25. The van der Waals surface area contributed by atoms with Crippen LogP contribution in [-0.4, -0.2) is 57.8 Å². The highest BCUT2D eigenvalue weighted by molar-refractivity contribution is 7.13. The van der Waals surface area contributed by atoms with Gasteiger partial charge in [0.15, 0.2) is 10.8 Å². The van der Waals surface area contributed by atoms with E-state index in [-0.39, 0.29) is 31.5 Å². The van der Waals surface area contributed by atoms with E-state index in [0.717, 1.165) is 17.1 Å². The van der Waals surface area contributed by atoms with Crippen LogP contribution in [0.3, 0.4) is 0 Å². The number of piperazine rings is 1. The number of hydrogen-bond acceptors (Lipinski definition) is 7. The first-order valence-corrected chi connectivity index (χ1v) is 13.3. The molecule has 5 rings (SSSR count). The summed E-state index contributed by atoms with van der Waals surface area (Å²) in [5.41, 5.74) is 3.19. The maximum atomic E-state index is 13.9. The van der Waals surface area contributed by atoms with Crippen molar-refractivity contribution in [1.82, 2.24) is 19.7 Å². The summed E-state index contributed by atoms with van der Waals surface area (Å²) in [6.07, 6.45) is -4.21. The monoisotopic (exact) mass is 543 g/mol. The highest BCUT2D eigenvalue weighted by Gasteiger charge is 2.38. The van der Waals surface area contributed by atoms with Gasteiger partial charge in [-0.3, -0.25) is 9.48 Å². The van der Waals surface area contributed by atoms with Gasteiger partial charge in [-0.15, -0.1) is 11.3 Å². The molecule has 0 N–H and O–H groups in total. The predicted octanol–water partition coefficient (Wildman–Crippen LogP) is 4.15. The van der Waals surface area contributed by atoms with E-state index in [9.17, 15) is 18.0 Å². The van der Waals surface area contributed by atoms with Crippen molar-refractivity contribution in [3.8, 4) is 6.07 Å². The Morgan fingerprint density at radius 2 is 1.97 bits per heavy atom. The van der Waals surface area contributed by atoms with E-state index in [0.29, 0.717) is 48.1 Å². The Morgan fingerprint density at radius 3 is 2.61 bits per heavy atom. The number of alkyl halides is 3. The van der Waals surface area contributed by atoms with Crippen LogP contribution in [-0.2, 0) is 30.5 Å². The number of nitriles is 1. The molecule has 1 saturated heterocycles. The van der Waals surface area contributed by atoms with Gasteiger partial charge in [0.05, 0.1) is 11.3 Å². The number of benzene rings is 1. The van der Waals surface area contributed by atoms with Crippen LogP contribution in [0, 0.1) is 25.2 Å². The zero-order valence-corrected chi connectivity index (χ0v) is 22.2. The van der Waals surface area contributed by atoms with Crippen molar-refractivity contribution in [2.75, 3.05) is 36.0 Å². The summed E-state index contributed by atoms with van der Waals surface area (Å²) in [5, 5.41) is 15.8. The van der Waals surface area contributed by atoms with Gasteiger partial charge in [0.25, 0.3) is 0 Å². The molecule has 2 aliphatic heterocycles. The molecular weight excluding hydrogens is 515 g/mol. The largest absolute Gasteiger partial charge is 0.416 e. The van der Waals surface area contributed by atoms with E-state index in [2.05, 4.69) is 15.0 Å². The Morgan fingerprint density at radius 1 is 1.18 bits per heavy atom. The number of fused-ring (bicyclic) bond motifs is 1. The molecule has 3 aromatic rings. The van der Waals surface area contributed by atoms with Crippen molar-refractivity contribution in [2.45, 2.75) is 52.5 Å². The highest BCUT2D eigenvalue weighted by Crippen LogP contribution is 2.41. The van der Waals surface area contributed by atoms with Gasteiger partial charge in [-0.2, -0.15) is 23.5 Å². The molecule has 1 amide bonds. The lowest BCUT2D eigenvalue weighted by Gasteiger charge is -2.43. The van der Waals surface area contributed by atoms with Crippen molar-refractivity contribution in [2.24, 2.45) is 0 Å². The molecule has 0 radical (unpaired) electrons. The summed E-state index contributed by atoms with van der Waals surface area (Å²) >= 11 is 1.32. The molecule has 0 aliphatic carbocycles. The molecule has 38 heavy (non-hydrogen) atoms. The van der Waals surface area contributed by atoms with Crippen molar-refractivity contribution in [3.05, 3.63) is 57.4 Å². The first-order chi connectivity index (χ1) is 18.0. The van der Waals surface area contributed by atoms with Gasteiger partial charge in [-0.1, -0.05) is 0 Å². The minimum absolute atomic E-state index is 0.0268. The number of thiazole rings is 1. The van der Waals surface area contributed by atoms with Gasteiger partial charge in [-0.25, -0.2) is 4.98 Å². The molecule has 1 atom stereocenters. The van der Waals surface area contributed by atoms with Crippen molar-refractivity contribution in [3.63, 3.8) is 0 Å². The Kier molecular flexibility index (Phi) is 6.81. The summed E-state index contributed by atoms with van der Waals surface area (Å²) in [5.74, 6) is -0.0268. The molecule has 8 nitrogen and oxygen atoms in total. The smallest absolute Gasteiger partial charge is 0.367 e. The second-order valence-corrected chi connectivity index (χ2v) is 10.7. The summed E-state index contributed by atoms with van der Waals surface area (Å²) in [6, 6.07) is 6.57. The fourth-order valence-electron chi connectivity index (χ4n) is 5.45. The van der Waals surface area contributed by atoms with Crippen LogP contribution in [0.5, 0.6) is 0 Å². The lowest BCUT2D eigenvalue weighted by Crippen LogP contribution is -2.55. The fourth-order valence-corrected chi connectivity index (χ4v) is 6.22. The number of rotatable bonds is 4. The van der Waals surface area contributed by atoms with E-state index in [4.69, 9.17) is 5.26 Å². The van der Waals surface area contributed by atoms with Crippen LogP contribution in [0.4, 0.5) is 24.0 Å². The second kappa shape index (κ2) is 9.94. The van der Waals surface area contributed by atoms with Crippen molar-refractivity contribution in [1.29, 1.82) is 5.26 Å². The Bertz CT molecular complexity index is 1410. The number of halogens is 3. The van der Waals surface area contributed by atoms with E-state index in [1.807, 2.05) is 42.7 Å². The predicted molar refractivity (Wildman–Crippen MR) is 138 cm³/mol. The third-order valence-corrected chi connectivity index (χ3v) is 8.15. The van der Waals surface area contributed by atoms with Crippen molar-refractivity contribution >= 4 is 28.1 Å². The maximum Gasteiger partial charge on any atom is 0.416 e. The van der Waals surface area contributed by atoms with Crippen LogP contribution >= 0.6 is 11.3 Å². The molecular formula is C26H28F3N7OS. The number of carbonyl (C=O) groups excluding carboxylic acids is 1. The number of hydrogen-bond donors (Lipinski definition) is 0. The summed E-state index contributed by atoms with van der Waals surface area (Å²) in [7, 11) is 0. The lowest BCUT2D eigenvalue weighted by molar-refractivity contribution is -0.138. The number of carbonyl (C=O) groups is 1. The first kappa shape index (κ1) is 26.0. The van der Waals surface area contributed by atoms with Crippen LogP contribution in [0.25, 0.3) is 0 Å². The van der Waals surface area contributed by atoms with Gasteiger partial charge >= 0.3 is 6.18 Å². The van der Waals surface area contributed by atoms with Gasteiger partial charge in [0.2, 0.25) is 5.91 Å². The molecule has 0 saturated carbocycles. The van der Waals surface area contributed by atoms with Crippen LogP contribution in [0.15, 0.2) is 23.6 Å². The number of nitrogens with zero attached hydrogens (tertiary/aromatic N) is 7. The summed E-state index contributed by atoms with van der Waals surface area (Å²) in [4.78, 5) is 23.3. The third kappa shape index (κ3) is 4.95. The van der Waals surface area contributed by atoms with E-state index >= 15 is 0 Å². The summed E-state index contributed by atoms with van der Waals surface area (Å²) in [6.45, 7) is 8.09. The average molecular weight is 544 g/mol. The Hall–Kier alpha value is -3.59. The minimum atomic E-state index is -4.44. The molecule has 0 bridgehead atoms. The fraction of sp³-hybridized carbons (Fsp3) is 0.462. The van der Waals surface area contributed by atoms with Crippen LogP contribution in [0.1, 0.15) is 40.7 Å². The second-order valence-electron chi connectivity index (χ2n) is 9.85. The quantitative estimate of drug-likeness (QED) is 0.492. The van der Waals surface area contributed by atoms with Gasteiger partial charge < -0.3 is 14.7 Å². The topological polar surface area (TPSA) is 81.3 Å². The van der Waals surface area contributed by atoms with Gasteiger partial charge in [0, 0.05) is 55.5 Å². The van der Waals surface area contributed by atoms with E-state index in [1.54, 1.807) is 16.1 Å². The molecule has 4 heterocycles. The Labute approximate surface area is 222 Å². The zero-order chi connectivity index (χ0) is 27.2. The molecule has 1 fully saturated rings. The highest BCUT2D eigenvalue weighted by atomic mass is 32.1. The normalized spacial score (nSPS) is 17.9. The number of aromatic nitrogens is 3. The average Bonchev–Trinajstić information content (AvgIpc) is 3.47. The molecule has 2 aliphatic rings. The standard InChI is InChI=1S/C26H28F3N7OS/c1-16-10-17(2)36(32-16)14-24(37)35-9-8-33(12-18(35)3)23-5-4-22(26(27,28)29)20-6-7-34(13-21(20)23)25-31-19(11-30)15-38-25/h4-5,10,15,18H,6-9,12-14H2,1-3H3/t18-/m1/s1. The van der Waals surface area contributed by atoms with Crippen LogP contribution in [0.2, 0.25) is 0 Å².